The molecule has 80 valence electrons. The lowest BCUT2D eigenvalue weighted by atomic mass is 9.65. The Labute approximate surface area is 85.9 Å². The van der Waals surface area contributed by atoms with Gasteiger partial charge in [-0.25, -0.2) is 0 Å². The zero-order valence-corrected chi connectivity index (χ0v) is 9.66. The standard InChI is InChI=1S/C12H20O2/c1-11(2,3)12(4,5)10(13)9-7-6-8-14-9/h6-8,10,13H,1-5H3. The van der Waals surface area contributed by atoms with Crippen LogP contribution in [0, 0.1) is 10.8 Å². The Balaban J connectivity index is 2.94. The minimum Gasteiger partial charge on any atom is -0.467 e. The van der Waals surface area contributed by atoms with E-state index in [-0.39, 0.29) is 10.8 Å². The SMILES string of the molecule is CC(C)(C)C(C)(C)C(O)c1ccco1. The van der Waals surface area contributed by atoms with E-state index in [0.717, 1.165) is 0 Å². The van der Waals surface area contributed by atoms with Crippen LogP contribution in [0.5, 0.6) is 0 Å². The molecule has 1 aromatic rings. The fraction of sp³-hybridized carbons (Fsp3) is 0.667. The van der Waals surface area contributed by atoms with Crippen LogP contribution in [-0.4, -0.2) is 5.11 Å². The minimum absolute atomic E-state index is 0.0270. The van der Waals surface area contributed by atoms with Gasteiger partial charge in [0.05, 0.1) is 6.26 Å². The first kappa shape index (κ1) is 11.3. The number of hydrogen-bond acceptors (Lipinski definition) is 2. The highest BCUT2D eigenvalue weighted by molar-refractivity contribution is 5.07. The summed E-state index contributed by atoms with van der Waals surface area (Å²) in [6, 6.07) is 3.62. The number of rotatable bonds is 2. The summed E-state index contributed by atoms with van der Waals surface area (Å²) in [6.45, 7) is 10.5. The average molecular weight is 196 g/mol. The lowest BCUT2D eigenvalue weighted by Crippen LogP contribution is -2.35. The van der Waals surface area contributed by atoms with Crippen molar-refractivity contribution in [3.05, 3.63) is 24.2 Å². The fourth-order valence-corrected chi connectivity index (χ4v) is 1.21. The van der Waals surface area contributed by atoms with Crippen molar-refractivity contribution in [3.8, 4) is 0 Å². The third kappa shape index (κ3) is 1.85. The number of furan rings is 1. The lowest BCUT2D eigenvalue weighted by molar-refractivity contribution is -0.0409. The van der Waals surface area contributed by atoms with Crippen molar-refractivity contribution in [1.82, 2.24) is 0 Å². The topological polar surface area (TPSA) is 33.4 Å². The summed E-state index contributed by atoms with van der Waals surface area (Å²) in [5.74, 6) is 0.643. The molecule has 2 heteroatoms. The van der Waals surface area contributed by atoms with Gasteiger partial charge in [0, 0.05) is 5.41 Å². The largest absolute Gasteiger partial charge is 0.467 e. The molecule has 1 N–H and O–H groups in total. The quantitative estimate of drug-likeness (QED) is 0.786. The van der Waals surface area contributed by atoms with Crippen LogP contribution in [0.1, 0.15) is 46.5 Å². The third-order valence-electron chi connectivity index (χ3n) is 3.43. The van der Waals surface area contributed by atoms with Gasteiger partial charge in [0.2, 0.25) is 0 Å². The molecule has 1 heterocycles. The number of hydrogen-bond donors (Lipinski definition) is 1. The first-order valence-electron chi connectivity index (χ1n) is 4.98. The Morgan fingerprint density at radius 3 is 2.14 bits per heavy atom. The molecule has 0 aliphatic carbocycles. The van der Waals surface area contributed by atoms with Gasteiger partial charge < -0.3 is 9.52 Å². The molecule has 0 aromatic carbocycles. The van der Waals surface area contributed by atoms with Crippen LogP contribution in [-0.2, 0) is 0 Å². The van der Waals surface area contributed by atoms with Gasteiger partial charge in [-0.3, -0.25) is 0 Å². The van der Waals surface area contributed by atoms with E-state index in [4.69, 9.17) is 4.42 Å². The Morgan fingerprint density at radius 1 is 1.21 bits per heavy atom. The first-order valence-corrected chi connectivity index (χ1v) is 4.98. The van der Waals surface area contributed by atoms with Crippen LogP contribution in [0.2, 0.25) is 0 Å². The lowest BCUT2D eigenvalue weighted by Gasteiger charge is -2.41. The van der Waals surface area contributed by atoms with Gasteiger partial charge in [-0.2, -0.15) is 0 Å². The van der Waals surface area contributed by atoms with Crippen LogP contribution in [0.25, 0.3) is 0 Å². The molecule has 2 nitrogen and oxygen atoms in total. The maximum Gasteiger partial charge on any atom is 0.132 e. The van der Waals surface area contributed by atoms with Gasteiger partial charge in [0.1, 0.15) is 11.9 Å². The van der Waals surface area contributed by atoms with Crippen LogP contribution >= 0.6 is 0 Å². The molecule has 0 saturated heterocycles. The highest BCUT2D eigenvalue weighted by Crippen LogP contribution is 2.47. The maximum atomic E-state index is 10.2. The van der Waals surface area contributed by atoms with Crippen LogP contribution in [0.15, 0.2) is 22.8 Å². The number of aliphatic hydroxyl groups excluding tert-OH is 1. The Morgan fingerprint density at radius 2 is 1.79 bits per heavy atom. The molecule has 0 aliphatic heterocycles. The van der Waals surface area contributed by atoms with Crippen molar-refractivity contribution in [2.75, 3.05) is 0 Å². The van der Waals surface area contributed by atoms with E-state index >= 15 is 0 Å². The third-order valence-corrected chi connectivity index (χ3v) is 3.43. The zero-order chi connectivity index (χ0) is 11.0. The van der Waals surface area contributed by atoms with Gasteiger partial charge in [0.15, 0.2) is 0 Å². The summed E-state index contributed by atoms with van der Waals surface area (Å²) >= 11 is 0. The van der Waals surface area contributed by atoms with E-state index in [9.17, 15) is 5.11 Å². The van der Waals surface area contributed by atoms with E-state index in [1.54, 1.807) is 12.3 Å². The molecule has 1 rings (SSSR count). The predicted octanol–water partition coefficient (Wildman–Crippen LogP) is 3.39. The molecule has 0 spiro atoms. The van der Waals surface area contributed by atoms with Gasteiger partial charge in [-0.05, 0) is 17.5 Å². The highest BCUT2D eigenvalue weighted by atomic mass is 16.4. The highest BCUT2D eigenvalue weighted by Gasteiger charge is 2.41. The van der Waals surface area contributed by atoms with Gasteiger partial charge in [0.25, 0.3) is 0 Å². The van der Waals surface area contributed by atoms with Crippen molar-refractivity contribution in [2.24, 2.45) is 10.8 Å². The van der Waals surface area contributed by atoms with Crippen molar-refractivity contribution in [1.29, 1.82) is 0 Å². The molecule has 14 heavy (non-hydrogen) atoms. The van der Waals surface area contributed by atoms with Crippen molar-refractivity contribution in [2.45, 2.75) is 40.7 Å². The van der Waals surface area contributed by atoms with Crippen LogP contribution in [0.4, 0.5) is 0 Å². The summed E-state index contributed by atoms with van der Waals surface area (Å²) in [5.41, 5.74) is -0.190. The predicted molar refractivity (Wildman–Crippen MR) is 56.9 cm³/mol. The minimum atomic E-state index is -0.558. The molecule has 0 radical (unpaired) electrons. The van der Waals surface area contributed by atoms with E-state index < -0.39 is 6.10 Å². The molecular weight excluding hydrogens is 176 g/mol. The second-order valence-electron chi connectivity index (χ2n) is 5.39. The summed E-state index contributed by atoms with van der Waals surface area (Å²) in [4.78, 5) is 0. The summed E-state index contributed by atoms with van der Waals surface area (Å²) in [7, 11) is 0. The molecule has 0 aliphatic rings. The van der Waals surface area contributed by atoms with Crippen molar-refractivity contribution >= 4 is 0 Å². The second kappa shape index (κ2) is 3.43. The maximum absolute atomic E-state index is 10.2. The van der Waals surface area contributed by atoms with E-state index in [2.05, 4.69) is 34.6 Å². The average Bonchev–Trinajstić information content (AvgIpc) is 2.52. The van der Waals surface area contributed by atoms with Crippen LogP contribution in [0.3, 0.4) is 0 Å². The van der Waals surface area contributed by atoms with Gasteiger partial charge in [-0.15, -0.1) is 0 Å². The smallest absolute Gasteiger partial charge is 0.132 e. The summed E-state index contributed by atoms with van der Waals surface area (Å²) in [5, 5.41) is 10.2. The number of aliphatic hydroxyl groups is 1. The van der Waals surface area contributed by atoms with E-state index in [1.165, 1.54) is 0 Å². The van der Waals surface area contributed by atoms with E-state index in [1.807, 2.05) is 6.07 Å². The van der Waals surface area contributed by atoms with Crippen molar-refractivity contribution in [3.63, 3.8) is 0 Å². The first-order chi connectivity index (χ1) is 6.27. The molecule has 0 amide bonds. The molecule has 0 saturated carbocycles. The molecule has 1 unspecified atom stereocenters. The molecule has 1 atom stereocenters. The van der Waals surface area contributed by atoms with Crippen LogP contribution < -0.4 is 0 Å². The Bertz CT molecular complexity index is 278. The van der Waals surface area contributed by atoms with Crippen molar-refractivity contribution < 1.29 is 9.52 Å². The fourth-order valence-electron chi connectivity index (χ4n) is 1.21. The second-order valence-corrected chi connectivity index (χ2v) is 5.39. The van der Waals surface area contributed by atoms with Gasteiger partial charge >= 0.3 is 0 Å². The summed E-state index contributed by atoms with van der Waals surface area (Å²) in [6.07, 6.45) is 1.04. The Kier molecular flexibility index (Phi) is 2.77. The molecule has 0 bridgehead atoms. The van der Waals surface area contributed by atoms with Gasteiger partial charge in [-0.1, -0.05) is 34.6 Å². The zero-order valence-electron chi connectivity index (χ0n) is 9.66. The molecular formula is C12H20O2. The Hall–Kier alpha value is -0.760. The monoisotopic (exact) mass is 196 g/mol. The van der Waals surface area contributed by atoms with E-state index in [0.29, 0.717) is 5.76 Å². The molecule has 1 aromatic heterocycles. The normalized spacial score (nSPS) is 15.6. The summed E-state index contributed by atoms with van der Waals surface area (Å²) < 4.78 is 5.23. The molecule has 0 fully saturated rings.